The predicted octanol–water partition coefficient (Wildman–Crippen LogP) is 2.63. The summed E-state index contributed by atoms with van der Waals surface area (Å²) in [6.07, 6.45) is 0. The molecule has 2 N–H and O–H groups in total. The molecule has 0 saturated carbocycles. The van der Waals surface area contributed by atoms with Crippen molar-refractivity contribution in [1.82, 2.24) is 20.1 Å². The van der Waals surface area contributed by atoms with Crippen LogP contribution in [0.1, 0.15) is 23.1 Å². The molecule has 0 aliphatic heterocycles. The van der Waals surface area contributed by atoms with Gasteiger partial charge >= 0.3 is 0 Å². The second-order valence-electron chi connectivity index (χ2n) is 4.00. The van der Waals surface area contributed by atoms with Crippen molar-refractivity contribution in [3.8, 4) is 0 Å². The molecule has 0 aliphatic carbocycles. The summed E-state index contributed by atoms with van der Waals surface area (Å²) in [6, 6.07) is 4.04. The van der Waals surface area contributed by atoms with Crippen LogP contribution in [0.15, 0.2) is 18.2 Å². The molecule has 2 rings (SSSR count). The van der Waals surface area contributed by atoms with Crippen molar-refractivity contribution in [1.29, 1.82) is 0 Å². The number of benzene rings is 1. The highest BCUT2D eigenvalue weighted by molar-refractivity contribution is 14.1. The standard InChI is InChI=1S/C12H12FIN4OS/c1-2-18-10(16-17-12(18)20)6-15-11(19)8-4-3-7(13)5-9(8)14/h3-5H,2,6H2,1H3,(H,15,19)(H,17,20). The van der Waals surface area contributed by atoms with Gasteiger partial charge in [0.25, 0.3) is 5.91 Å². The number of amides is 1. The first-order chi connectivity index (χ1) is 9.52. The van der Waals surface area contributed by atoms with Crippen LogP contribution in [0.3, 0.4) is 0 Å². The van der Waals surface area contributed by atoms with Crippen molar-refractivity contribution < 1.29 is 9.18 Å². The fourth-order valence-electron chi connectivity index (χ4n) is 1.74. The molecule has 1 aromatic carbocycles. The Morgan fingerprint density at radius 2 is 2.35 bits per heavy atom. The summed E-state index contributed by atoms with van der Waals surface area (Å²) >= 11 is 7.00. The van der Waals surface area contributed by atoms with E-state index in [0.717, 1.165) is 0 Å². The summed E-state index contributed by atoms with van der Waals surface area (Å²) in [6.45, 7) is 2.88. The number of nitrogens with one attached hydrogen (secondary N) is 2. The summed E-state index contributed by atoms with van der Waals surface area (Å²) in [5.74, 6) is 0.0202. The molecule has 0 unspecified atom stereocenters. The zero-order valence-corrected chi connectivity index (χ0v) is 13.6. The Kier molecular flexibility index (Phi) is 4.86. The number of hydrogen-bond donors (Lipinski definition) is 2. The molecule has 1 heterocycles. The number of rotatable bonds is 4. The molecule has 8 heteroatoms. The van der Waals surface area contributed by atoms with E-state index in [1.54, 1.807) is 4.57 Å². The van der Waals surface area contributed by atoms with Gasteiger partial charge in [0.15, 0.2) is 10.6 Å². The average molecular weight is 406 g/mol. The van der Waals surface area contributed by atoms with E-state index in [4.69, 9.17) is 12.2 Å². The molecule has 1 amide bonds. The third kappa shape index (κ3) is 3.23. The number of carbonyl (C=O) groups is 1. The highest BCUT2D eigenvalue weighted by Crippen LogP contribution is 2.14. The molecule has 0 saturated heterocycles. The van der Waals surface area contributed by atoms with Gasteiger partial charge in [-0.25, -0.2) is 4.39 Å². The molecule has 0 radical (unpaired) electrons. The summed E-state index contributed by atoms with van der Waals surface area (Å²) < 4.78 is 15.9. The Morgan fingerprint density at radius 3 is 3.00 bits per heavy atom. The van der Waals surface area contributed by atoms with E-state index < -0.39 is 0 Å². The Balaban J connectivity index is 2.10. The minimum absolute atomic E-state index is 0.257. The van der Waals surface area contributed by atoms with Gasteiger partial charge in [-0.2, -0.15) is 5.10 Å². The van der Waals surface area contributed by atoms with Crippen molar-refractivity contribution in [3.63, 3.8) is 0 Å². The van der Waals surface area contributed by atoms with Gasteiger partial charge in [-0.05, 0) is 59.9 Å². The van der Waals surface area contributed by atoms with Crippen LogP contribution in [0.4, 0.5) is 4.39 Å². The van der Waals surface area contributed by atoms with Gasteiger partial charge in [0.2, 0.25) is 0 Å². The van der Waals surface area contributed by atoms with Gasteiger partial charge in [0.05, 0.1) is 12.1 Å². The molecule has 5 nitrogen and oxygen atoms in total. The van der Waals surface area contributed by atoms with Crippen LogP contribution in [-0.2, 0) is 13.1 Å². The maximum Gasteiger partial charge on any atom is 0.252 e. The quantitative estimate of drug-likeness (QED) is 0.606. The van der Waals surface area contributed by atoms with Crippen LogP contribution in [0, 0.1) is 14.2 Å². The Hall–Kier alpha value is -1.29. The molecule has 2 aromatic rings. The maximum absolute atomic E-state index is 13.0. The average Bonchev–Trinajstić information content (AvgIpc) is 2.76. The Morgan fingerprint density at radius 1 is 1.60 bits per heavy atom. The van der Waals surface area contributed by atoms with Crippen molar-refractivity contribution in [2.75, 3.05) is 0 Å². The van der Waals surface area contributed by atoms with Crippen molar-refractivity contribution in [3.05, 3.63) is 43.7 Å². The summed E-state index contributed by atoms with van der Waals surface area (Å²) in [7, 11) is 0. The van der Waals surface area contributed by atoms with Gasteiger partial charge in [0, 0.05) is 10.1 Å². The van der Waals surface area contributed by atoms with Crippen LogP contribution in [-0.4, -0.2) is 20.7 Å². The summed E-state index contributed by atoms with van der Waals surface area (Å²) in [5, 5.41) is 9.49. The number of nitrogens with zero attached hydrogens (tertiary/aromatic N) is 2. The van der Waals surface area contributed by atoms with E-state index in [0.29, 0.717) is 26.3 Å². The van der Waals surface area contributed by atoms with Crippen molar-refractivity contribution in [2.45, 2.75) is 20.0 Å². The highest BCUT2D eigenvalue weighted by atomic mass is 127. The van der Waals surface area contributed by atoms with E-state index in [2.05, 4.69) is 15.5 Å². The third-order valence-electron chi connectivity index (χ3n) is 2.74. The minimum Gasteiger partial charge on any atom is -0.345 e. The molecular formula is C12H12FIN4OS. The fourth-order valence-corrected chi connectivity index (χ4v) is 2.74. The number of aromatic amines is 1. The largest absolute Gasteiger partial charge is 0.345 e. The molecule has 0 spiro atoms. The monoisotopic (exact) mass is 406 g/mol. The molecular weight excluding hydrogens is 394 g/mol. The normalized spacial score (nSPS) is 10.6. The second-order valence-corrected chi connectivity index (χ2v) is 5.54. The second kappa shape index (κ2) is 6.44. The minimum atomic E-state index is -0.363. The lowest BCUT2D eigenvalue weighted by Crippen LogP contribution is -2.25. The van der Waals surface area contributed by atoms with Crippen molar-refractivity contribution >= 4 is 40.7 Å². The lowest BCUT2D eigenvalue weighted by atomic mass is 10.2. The van der Waals surface area contributed by atoms with Crippen LogP contribution in [0.5, 0.6) is 0 Å². The number of hydrogen-bond acceptors (Lipinski definition) is 3. The van der Waals surface area contributed by atoms with Crippen LogP contribution >= 0.6 is 34.8 Å². The van der Waals surface area contributed by atoms with E-state index in [-0.39, 0.29) is 18.3 Å². The molecule has 0 fully saturated rings. The molecule has 106 valence electrons. The van der Waals surface area contributed by atoms with E-state index >= 15 is 0 Å². The van der Waals surface area contributed by atoms with Crippen LogP contribution < -0.4 is 5.32 Å². The molecule has 1 aromatic heterocycles. The molecule has 0 atom stereocenters. The fraction of sp³-hybridized carbons (Fsp3) is 0.250. The lowest BCUT2D eigenvalue weighted by Gasteiger charge is -2.07. The van der Waals surface area contributed by atoms with Crippen LogP contribution in [0.25, 0.3) is 0 Å². The zero-order valence-electron chi connectivity index (χ0n) is 10.6. The first-order valence-electron chi connectivity index (χ1n) is 5.90. The Labute approximate surface area is 133 Å². The van der Waals surface area contributed by atoms with Gasteiger partial charge in [-0.1, -0.05) is 0 Å². The molecule has 0 aliphatic rings. The van der Waals surface area contributed by atoms with Crippen molar-refractivity contribution in [2.24, 2.45) is 0 Å². The van der Waals surface area contributed by atoms with E-state index in [1.807, 2.05) is 29.5 Å². The smallest absolute Gasteiger partial charge is 0.252 e. The number of halogens is 2. The van der Waals surface area contributed by atoms with Gasteiger partial charge < -0.3 is 9.88 Å². The third-order valence-corrected chi connectivity index (χ3v) is 3.94. The van der Waals surface area contributed by atoms with Gasteiger partial charge in [-0.3, -0.25) is 9.89 Å². The first kappa shape index (κ1) is 15.1. The number of carbonyl (C=O) groups excluding carboxylic acids is 1. The first-order valence-corrected chi connectivity index (χ1v) is 7.39. The lowest BCUT2D eigenvalue weighted by molar-refractivity contribution is 0.0948. The number of aromatic nitrogens is 3. The van der Waals surface area contributed by atoms with E-state index in [9.17, 15) is 9.18 Å². The van der Waals surface area contributed by atoms with Gasteiger partial charge in [0.1, 0.15) is 5.82 Å². The van der Waals surface area contributed by atoms with Crippen LogP contribution in [0.2, 0.25) is 0 Å². The topological polar surface area (TPSA) is 62.7 Å². The Bertz CT molecular complexity index is 697. The molecule has 0 bridgehead atoms. The summed E-state index contributed by atoms with van der Waals surface area (Å²) in [5.41, 5.74) is 0.434. The number of H-pyrrole nitrogens is 1. The summed E-state index contributed by atoms with van der Waals surface area (Å²) in [4.78, 5) is 12.0. The molecule has 20 heavy (non-hydrogen) atoms. The highest BCUT2D eigenvalue weighted by Gasteiger charge is 2.12. The predicted molar refractivity (Wildman–Crippen MR) is 83.4 cm³/mol. The maximum atomic E-state index is 13.0. The SMILES string of the molecule is CCn1c(CNC(=O)c2ccc(F)cc2I)n[nH]c1=S. The zero-order chi connectivity index (χ0) is 14.7. The van der Waals surface area contributed by atoms with E-state index in [1.165, 1.54) is 18.2 Å². The van der Waals surface area contributed by atoms with Gasteiger partial charge in [-0.15, -0.1) is 0 Å².